The first-order valence-corrected chi connectivity index (χ1v) is 30.5. The van der Waals surface area contributed by atoms with E-state index in [2.05, 4.69) is 19.2 Å². The van der Waals surface area contributed by atoms with Crippen LogP contribution in [-0.2, 0) is 18.4 Å². The average Bonchev–Trinajstić information content (AvgIpc) is 3.28. The summed E-state index contributed by atoms with van der Waals surface area (Å²) in [6, 6.07) is -0.881. The Hall–Kier alpha value is -0.760. The van der Waals surface area contributed by atoms with E-state index in [1.54, 1.807) is 6.08 Å². The summed E-state index contributed by atoms with van der Waals surface area (Å²) >= 11 is 0. The Kier molecular flexibility index (Phi) is 48.7. The maximum absolute atomic E-state index is 12.9. The molecular weight excluding hydrogens is 840 g/mol. The molecule has 0 aromatic carbocycles. The number of likely N-dealkylation sites (N-methyl/N-ethyl adjacent to an activating group) is 1. The number of carbonyl (C=O) groups is 1. The summed E-state index contributed by atoms with van der Waals surface area (Å²) in [7, 11) is 1.28. The zero-order chi connectivity index (χ0) is 48.5. The summed E-state index contributed by atoms with van der Waals surface area (Å²) in [5, 5.41) is 13.9. The number of unbranched alkanes of at least 4 members (excludes halogenated alkanes) is 41. The maximum Gasteiger partial charge on any atom is 0.268 e. The second kappa shape index (κ2) is 49.2. The molecule has 0 spiro atoms. The predicted octanol–water partition coefficient (Wildman–Crippen LogP) is 16.8. The monoisotopic (exact) mass is 955 g/mol. The van der Waals surface area contributed by atoms with Gasteiger partial charge in [-0.05, 0) is 19.3 Å². The second-order valence-electron chi connectivity index (χ2n) is 21.4. The lowest BCUT2D eigenvalue weighted by Crippen LogP contribution is -2.45. The van der Waals surface area contributed by atoms with Crippen LogP contribution < -0.4 is 10.2 Å². The molecule has 66 heavy (non-hydrogen) atoms. The number of quaternary nitrogens is 1. The van der Waals surface area contributed by atoms with E-state index in [1.165, 1.54) is 238 Å². The molecule has 1 unspecified atom stereocenters. The molecule has 0 bridgehead atoms. The molecule has 0 rings (SSSR count). The van der Waals surface area contributed by atoms with Gasteiger partial charge in [0.2, 0.25) is 5.91 Å². The standard InChI is InChI=1S/C57H115N2O6P/c1-6-8-10-12-14-16-18-20-22-23-24-25-26-27-28-29-30-31-32-33-34-35-36-37-39-41-43-45-47-49-51-57(61)58-55(54-65-66(62,63)64-53-52-59(3,4)5)56(60)50-48-46-44-42-40-38-21-19-17-15-13-11-9-7-2/h48,50,55-56,60H,6-47,49,51-54H2,1-5H3,(H-,58,61,62,63)/b50-48+/t55-,56+/m0/s1. The van der Waals surface area contributed by atoms with Crippen LogP contribution in [0.5, 0.6) is 0 Å². The molecule has 0 aliphatic carbocycles. The van der Waals surface area contributed by atoms with E-state index in [4.69, 9.17) is 9.05 Å². The van der Waals surface area contributed by atoms with Crippen molar-refractivity contribution in [3.05, 3.63) is 12.2 Å². The quantitative estimate of drug-likeness (QED) is 0.0272. The molecule has 0 aliphatic heterocycles. The van der Waals surface area contributed by atoms with Crippen molar-refractivity contribution in [3.8, 4) is 0 Å². The van der Waals surface area contributed by atoms with Crippen molar-refractivity contribution in [2.75, 3.05) is 40.9 Å². The molecule has 0 aromatic rings. The van der Waals surface area contributed by atoms with Crippen LogP contribution in [0.1, 0.15) is 296 Å². The van der Waals surface area contributed by atoms with Gasteiger partial charge in [0.15, 0.2) is 0 Å². The van der Waals surface area contributed by atoms with Crippen LogP contribution in [-0.4, -0.2) is 68.5 Å². The lowest BCUT2D eigenvalue weighted by molar-refractivity contribution is -0.870. The molecule has 0 heterocycles. The zero-order valence-electron chi connectivity index (χ0n) is 44.9. The summed E-state index contributed by atoms with van der Waals surface area (Å²) in [5.41, 5.74) is 0. The van der Waals surface area contributed by atoms with Crippen LogP contribution in [0.25, 0.3) is 0 Å². The van der Waals surface area contributed by atoms with E-state index in [-0.39, 0.29) is 19.1 Å². The number of carbonyl (C=O) groups excluding carboxylic acids is 1. The smallest absolute Gasteiger partial charge is 0.268 e. The molecule has 394 valence electrons. The molecule has 0 aromatic heterocycles. The largest absolute Gasteiger partial charge is 0.756 e. The van der Waals surface area contributed by atoms with Gasteiger partial charge in [-0.3, -0.25) is 9.36 Å². The van der Waals surface area contributed by atoms with E-state index in [9.17, 15) is 19.4 Å². The number of hydrogen-bond acceptors (Lipinski definition) is 6. The second-order valence-corrected chi connectivity index (χ2v) is 22.8. The number of rotatable bonds is 54. The van der Waals surface area contributed by atoms with E-state index in [0.717, 1.165) is 38.5 Å². The maximum atomic E-state index is 12.9. The third kappa shape index (κ3) is 51.1. The molecule has 3 atom stereocenters. The van der Waals surface area contributed by atoms with E-state index in [0.29, 0.717) is 17.4 Å². The van der Waals surface area contributed by atoms with E-state index < -0.39 is 20.0 Å². The molecule has 1 amide bonds. The number of aliphatic hydroxyl groups excluding tert-OH is 1. The molecule has 0 fully saturated rings. The van der Waals surface area contributed by atoms with Crippen LogP contribution in [0.15, 0.2) is 12.2 Å². The summed E-state index contributed by atoms with van der Waals surface area (Å²) in [5.74, 6) is -0.191. The van der Waals surface area contributed by atoms with Gasteiger partial charge in [0.1, 0.15) is 13.2 Å². The fourth-order valence-electron chi connectivity index (χ4n) is 8.92. The van der Waals surface area contributed by atoms with Crippen molar-refractivity contribution in [2.24, 2.45) is 0 Å². The Morgan fingerprint density at radius 1 is 0.515 bits per heavy atom. The fraction of sp³-hybridized carbons (Fsp3) is 0.947. The Morgan fingerprint density at radius 2 is 0.818 bits per heavy atom. The minimum Gasteiger partial charge on any atom is -0.756 e. The number of aliphatic hydroxyl groups is 1. The van der Waals surface area contributed by atoms with Gasteiger partial charge in [-0.25, -0.2) is 0 Å². The number of nitrogens with zero attached hydrogens (tertiary/aromatic N) is 1. The van der Waals surface area contributed by atoms with Crippen molar-refractivity contribution in [3.63, 3.8) is 0 Å². The van der Waals surface area contributed by atoms with Crippen molar-refractivity contribution in [1.29, 1.82) is 0 Å². The Balaban J connectivity index is 4.02. The first-order chi connectivity index (χ1) is 32.0. The molecule has 2 N–H and O–H groups in total. The number of phosphoric acid groups is 1. The molecular formula is C57H115N2O6P. The Labute approximate surface area is 412 Å². The van der Waals surface area contributed by atoms with Gasteiger partial charge in [0.25, 0.3) is 7.82 Å². The highest BCUT2D eigenvalue weighted by Gasteiger charge is 2.23. The van der Waals surface area contributed by atoms with Gasteiger partial charge in [0.05, 0.1) is 39.9 Å². The minimum atomic E-state index is -4.59. The van der Waals surface area contributed by atoms with Gasteiger partial charge < -0.3 is 28.8 Å². The highest BCUT2D eigenvalue weighted by Crippen LogP contribution is 2.38. The van der Waals surface area contributed by atoms with E-state index >= 15 is 0 Å². The molecule has 0 radical (unpaired) electrons. The fourth-order valence-corrected chi connectivity index (χ4v) is 9.64. The number of allylic oxidation sites excluding steroid dienone is 1. The van der Waals surface area contributed by atoms with Gasteiger partial charge in [-0.2, -0.15) is 0 Å². The normalized spacial score (nSPS) is 14.0. The highest BCUT2D eigenvalue weighted by molar-refractivity contribution is 7.45. The summed E-state index contributed by atoms with van der Waals surface area (Å²) in [6.45, 7) is 4.69. The lowest BCUT2D eigenvalue weighted by Gasteiger charge is -2.29. The van der Waals surface area contributed by atoms with Gasteiger partial charge in [-0.15, -0.1) is 0 Å². The van der Waals surface area contributed by atoms with Crippen molar-refractivity contribution >= 4 is 13.7 Å². The SMILES string of the molecule is CCCCCCCCCCCCCC/C=C/[C@@H](O)[C@H](COP(=O)([O-])OCC[N+](C)(C)C)NC(=O)CCCCCCCCCCCCCCCCCCCCCCCCCCCCCCCC. The first-order valence-electron chi connectivity index (χ1n) is 29.1. The topological polar surface area (TPSA) is 108 Å². The predicted molar refractivity (Wildman–Crippen MR) is 284 cm³/mol. The molecule has 8 nitrogen and oxygen atoms in total. The number of hydrogen-bond donors (Lipinski definition) is 2. The summed E-state index contributed by atoms with van der Waals surface area (Å²) in [4.78, 5) is 25.4. The number of amides is 1. The number of phosphoric ester groups is 1. The molecule has 9 heteroatoms. The summed E-state index contributed by atoms with van der Waals surface area (Å²) < 4.78 is 23.3. The van der Waals surface area contributed by atoms with Gasteiger partial charge in [0, 0.05) is 6.42 Å². The van der Waals surface area contributed by atoms with Gasteiger partial charge >= 0.3 is 0 Å². The number of nitrogens with one attached hydrogen (secondary N) is 1. The van der Waals surface area contributed by atoms with Crippen molar-refractivity contribution < 1.29 is 32.9 Å². The third-order valence-electron chi connectivity index (χ3n) is 13.5. The van der Waals surface area contributed by atoms with Gasteiger partial charge in [-0.1, -0.05) is 283 Å². The third-order valence-corrected chi connectivity index (χ3v) is 14.5. The molecule has 0 saturated heterocycles. The van der Waals surface area contributed by atoms with Crippen molar-refractivity contribution in [1.82, 2.24) is 5.32 Å². The van der Waals surface area contributed by atoms with Crippen LogP contribution in [0.4, 0.5) is 0 Å². The Morgan fingerprint density at radius 3 is 1.14 bits per heavy atom. The first kappa shape index (κ1) is 65.2. The Bertz CT molecular complexity index is 1080. The highest BCUT2D eigenvalue weighted by atomic mass is 31.2. The van der Waals surface area contributed by atoms with Crippen LogP contribution >= 0.6 is 7.82 Å². The van der Waals surface area contributed by atoms with E-state index in [1.807, 2.05) is 27.2 Å². The zero-order valence-corrected chi connectivity index (χ0v) is 45.8. The molecule has 0 saturated carbocycles. The van der Waals surface area contributed by atoms with Crippen LogP contribution in [0.2, 0.25) is 0 Å². The molecule has 0 aliphatic rings. The summed E-state index contributed by atoms with van der Waals surface area (Å²) in [6.07, 6.45) is 60.1. The van der Waals surface area contributed by atoms with Crippen molar-refractivity contribution in [2.45, 2.75) is 309 Å². The average molecular weight is 956 g/mol. The van der Waals surface area contributed by atoms with Crippen LogP contribution in [0.3, 0.4) is 0 Å². The lowest BCUT2D eigenvalue weighted by atomic mass is 10.0. The van der Waals surface area contributed by atoms with Crippen LogP contribution in [0, 0.1) is 0 Å². The minimum absolute atomic E-state index is 0.00247.